The molecule has 0 aliphatic carbocycles. The van der Waals surface area contributed by atoms with E-state index in [2.05, 4.69) is 44.4 Å². The molecule has 0 unspecified atom stereocenters. The molecule has 0 bridgehead atoms. The number of hydrogen-bond donors (Lipinski definition) is 1. The Labute approximate surface area is 189 Å². The molecule has 33 heavy (non-hydrogen) atoms. The van der Waals surface area contributed by atoms with E-state index in [1.54, 1.807) is 24.3 Å². The summed E-state index contributed by atoms with van der Waals surface area (Å²) in [4.78, 5) is 9.10. The van der Waals surface area contributed by atoms with Crippen LogP contribution in [0.1, 0.15) is 5.56 Å². The van der Waals surface area contributed by atoms with Crippen LogP contribution >= 0.6 is 0 Å². The maximum Gasteiger partial charge on any atom is 0.417 e. The average molecular weight is 452 g/mol. The Bertz CT molecular complexity index is 1260. The molecule has 0 spiro atoms. The molecule has 4 aromatic rings. The topological polar surface area (TPSA) is 48.7 Å². The zero-order valence-electron chi connectivity index (χ0n) is 18.0. The molecule has 0 atom stereocenters. The van der Waals surface area contributed by atoms with Crippen molar-refractivity contribution in [2.45, 2.75) is 6.18 Å². The molecular weight excluding hydrogens is 429 g/mol. The summed E-state index contributed by atoms with van der Waals surface area (Å²) in [5.74, 6) is 0.319. The molecule has 9 heteroatoms. The van der Waals surface area contributed by atoms with Crippen molar-refractivity contribution in [2.24, 2.45) is 0 Å². The number of nitrogens with one attached hydrogen (secondary N) is 1. The Hall–Kier alpha value is -3.59. The molecule has 6 nitrogen and oxygen atoms in total. The summed E-state index contributed by atoms with van der Waals surface area (Å²) < 4.78 is 42.1. The minimum atomic E-state index is -4.47. The van der Waals surface area contributed by atoms with E-state index in [1.165, 1.54) is 16.6 Å². The summed E-state index contributed by atoms with van der Waals surface area (Å²) in [6.45, 7) is 4.04. The van der Waals surface area contributed by atoms with Gasteiger partial charge in [0.1, 0.15) is 0 Å². The second-order valence-corrected chi connectivity index (χ2v) is 8.12. The molecule has 1 N–H and O–H groups in total. The van der Waals surface area contributed by atoms with Crippen molar-refractivity contribution in [1.29, 1.82) is 0 Å². The van der Waals surface area contributed by atoms with E-state index in [4.69, 9.17) is 0 Å². The lowest BCUT2D eigenvalue weighted by atomic mass is 10.0. The first-order chi connectivity index (χ1) is 15.9. The summed E-state index contributed by atoms with van der Waals surface area (Å²) in [6.07, 6.45) is -4.47. The van der Waals surface area contributed by atoms with Gasteiger partial charge in [-0.05, 0) is 49.5 Å². The van der Waals surface area contributed by atoms with Gasteiger partial charge >= 0.3 is 6.18 Å². The number of anilines is 3. The van der Waals surface area contributed by atoms with Crippen LogP contribution in [0.25, 0.3) is 16.9 Å². The summed E-state index contributed by atoms with van der Waals surface area (Å²) in [7, 11) is 2.12. The Morgan fingerprint density at radius 1 is 0.848 bits per heavy atom. The van der Waals surface area contributed by atoms with Gasteiger partial charge in [0.2, 0.25) is 5.95 Å². The maximum absolute atomic E-state index is 13.5. The molecule has 2 aromatic heterocycles. The van der Waals surface area contributed by atoms with Gasteiger partial charge in [-0.2, -0.15) is 18.2 Å². The SMILES string of the molecule is CN1CCN(c2ccc(Nc3nc4cccc(-c5ccccc5C(F)(F)F)n4n3)cc2)CC1. The van der Waals surface area contributed by atoms with Gasteiger partial charge < -0.3 is 15.1 Å². The van der Waals surface area contributed by atoms with Crippen molar-refractivity contribution in [2.75, 3.05) is 43.4 Å². The van der Waals surface area contributed by atoms with E-state index in [0.29, 0.717) is 17.3 Å². The summed E-state index contributed by atoms with van der Waals surface area (Å²) in [5.41, 5.74) is 2.10. The number of likely N-dealkylation sites (N-methyl/N-ethyl adjacent to an activating group) is 1. The van der Waals surface area contributed by atoms with Crippen LogP contribution in [0.15, 0.2) is 66.7 Å². The molecule has 3 heterocycles. The van der Waals surface area contributed by atoms with Gasteiger partial charge in [0.15, 0.2) is 5.65 Å². The predicted octanol–water partition coefficient (Wildman–Crippen LogP) is 4.91. The number of nitrogens with zero attached hydrogens (tertiary/aromatic N) is 5. The van der Waals surface area contributed by atoms with Crippen molar-refractivity contribution >= 4 is 23.0 Å². The third-order valence-electron chi connectivity index (χ3n) is 5.86. The van der Waals surface area contributed by atoms with Gasteiger partial charge in [-0.25, -0.2) is 4.52 Å². The highest BCUT2D eigenvalue weighted by Crippen LogP contribution is 2.37. The third kappa shape index (κ3) is 4.36. The zero-order chi connectivity index (χ0) is 23.0. The van der Waals surface area contributed by atoms with E-state index in [9.17, 15) is 13.2 Å². The fourth-order valence-corrected chi connectivity index (χ4v) is 4.07. The molecule has 1 saturated heterocycles. The minimum Gasteiger partial charge on any atom is -0.369 e. The monoisotopic (exact) mass is 452 g/mol. The first-order valence-electron chi connectivity index (χ1n) is 10.7. The average Bonchev–Trinajstić information content (AvgIpc) is 3.22. The molecule has 0 radical (unpaired) electrons. The first-order valence-corrected chi connectivity index (χ1v) is 10.7. The van der Waals surface area contributed by atoms with Gasteiger partial charge in [-0.3, -0.25) is 0 Å². The second-order valence-electron chi connectivity index (χ2n) is 8.12. The van der Waals surface area contributed by atoms with E-state index in [-0.39, 0.29) is 5.56 Å². The largest absolute Gasteiger partial charge is 0.417 e. The highest BCUT2D eigenvalue weighted by Gasteiger charge is 2.34. The number of halogens is 3. The molecule has 5 rings (SSSR count). The second kappa shape index (κ2) is 8.40. The van der Waals surface area contributed by atoms with Crippen LogP contribution < -0.4 is 10.2 Å². The molecule has 0 amide bonds. The predicted molar refractivity (Wildman–Crippen MR) is 123 cm³/mol. The van der Waals surface area contributed by atoms with Crippen molar-refractivity contribution in [1.82, 2.24) is 19.5 Å². The van der Waals surface area contributed by atoms with Crippen LogP contribution in [0.4, 0.5) is 30.5 Å². The van der Waals surface area contributed by atoms with Crippen molar-refractivity contribution in [3.8, 4) is 11.3 Å². The number of piperazine rings is 1. The lowest BCUT2D eigenvalue weighted by Gasteiger charge is -2.34. The molecular formula is C24H23F3N6. The quantitative estimate of drug-likeness (QED) is 0.477. The first kappa shape index (κ1) is 21.3. The normalized spacial score (nSPS) is 15.2. The van der Waals surface area contributed by atoms with E-state index < -0.39 is 11.7 Å². The number of hydrogen-bond acceptors (Lipinski definition) is 5. The van der Waals surface area contributed by atoms with Crippen LogP contribution in [0.2, 0.25) is 0 Å². The molecule has 1 aliphatic heterocycles. The standard InChI is InChI=1S/C24H23F3N6/c1-31-13-15-32(16-14-31)18-11-9-17(10-12-18)28-23-29-22-8-4-7-21(33(22)30-23)19-5-2-3-6-20(19)24(25,26)27/h2-12H,13-16H2,1H3,(H,28,30). The Balaban J connectivity index is 1.41. The van der Waals surface area contributed by atoms with E-state index in [0.717, 1.165) is 43.6 Å². The lowest BCUT2D eigenvalue weighted by Crippen LogP contribution is -2.44. The maximum atomic E-state index is 13.5. The Morgan fingerprint density at radius 2 is 1.58 bits per heavy atom. The van der Waals surface area contributed by atoms with Gasteiger partial charge in [-0.1, -0.05) is 24.3 Å². The van der Waals surface area contributed by atoms with Crippen LogP contribution in [0, 0.1) is 0 Å². The van der Waals surface area contributed by atoms with Crippen LogP contribution in [0.5, 0.6) is 0 Å². The fraction of sp³-hybridized carbons (Fsp3) is 0.250. The summed E-state index contributed by atoms with van der Waals surface area (Å²) in [6, 6.07) is 18.5. The van der Waals surface area contributed by atoms with Gasteiger partial charge in [-0.15, -0.1) is 5.10 Å². The number of pyridine rings is 1. The van der Waals surface area contributed by atoms with E-state index in [1.807, 2.05) is 12.1 Å². The van der Waals surface area contributed by atoms with Gasteiger partial charge in [0.05, 0.1) is 11.3 Å². The molecule has 1 fully saturated rings. The smallest absolute Gasteiger partial charge is 0.369 e. The number of aromatic nitrogens is 3. The Morgan fingerprint density at radius 3 is 2.30 bits per heavy atom. The molecule has 170 valence electrons. The Kier molecular flexibility index (Phi) is 5.41. The summed E-state index contributed by atoms with van der Waals surface area (Å²) in [5, 5.41) is 7.60. The number of rotatable bonds is 4. The van der Waals surface area contributed by atoms with Gasteiger partial charge in [0, 0.05) is 43.1 Å². The number of fused-ring (bicyclic) bond motifs is 1. The molecule has 0 saturated carbocycles. The fourth-order valence-electron chi connectivity index (χ4n) is 4.07. The van der Waals surface area contributed by atoms with Crippen LogP contribution in [-0.2, 0) is 6.18 Å². The van der Waals surface area contributed by atoms with Crippen molar-refractivity contribution in [3.63, 3.8) is 0 Å². The third-order valence-corrected chi connectivity index (χ3v) is 5.86. The van der Waals surface area contributed by atoms with Crippen molar-refractivity contribution < 1.29 is 13.2 Å². The highest BCUT2D eigenvalue weighted by molar-refractivity contribution is 5.68. The minimum absolute atomic E-state index is 0.0589. The highest BCUT2D eigenvalue weighted by atomic mass is 19.4. The van der Waals surface area contributed by atoms with Crippen molar-refractivity contribution in [3.05, 3.63) is 72.3 Å². The van der Waals surface area contributed by atoms with E-state index >= 15 is 0 Å². The zero-order valence-corrected chi connectivity index (χ0v) is 18.0. The molecule has 1 aliphatic rings. The summed E-state index contributed by atoms with van der Waals surface area (Å²) >= 11 is 0. The number of benzene rings is 2. The van der Waals surface area contributed by atoms with Crippen LogP contribution in [0.3, 0.4) is 0 Å². The molecule has 2 aromatic carbocycles. The van der Waals surface area contributed by atoms with Gasteiger partial charge in [0.25, 0.3) is 0 Å². The van der Waals surface area contributed by atoms with Crippen LogP contribution in [-0.4, -0.2) is 52.7 Å². The lowest BCUT2D eigenvalue weighted by molar-refractivity contribution is -0.137. The number of alkyl halides is 3.